The average Bonchev–Trinajstić information content (AvgIpc) is 1.85. The summed E-state index contributed by atoms with van der Waals surface area (Å²) >= 11 is -0.472. The van der Waals surface area contributed by atoms with Crippen molar-refractivity contribution in [2.75, 3.05) is 0 Å². The van der Waals surface area contributed by atoms with Gasteiger partial charge in [-0.3, -0.25) is 0 Å². The molecule has 1 radical (unpaired) electrons. The van der Waals surface area contributed by atoms with E-state index in [1.165, 1.54) is 10.5 Å². The van der Waals surface area contributed by atoms with Crippen LogP contribution in [0.4, 0.5) is 0 Å². The van der Waals surface area contributed by atoms with Gasteiger partial charge in [-0.25, -0.2) is 0 Å². The first-order valence-electron chi connectivity index (χ1n) is 3.16. The van der Waals surface area contributed by atoms with E-state index in [1.807, 2.05) is 0 Å². The van der Waals surface area contributed by atoms with Crippen LogP contribution in [-0.2, 0) is 0 Å². The zero-order valence-electron chi connectivity index (χ0n) is 5.91. The van der Waals surface area contributed by atoms with E-state index in [-0.39, 0.29) is 0 Å². The van der Waals surface area contributed by atoms with Crippen LogP contribution in [0.1, 0.15) is 13.8 Å². The molecule has 0 amide bonds. The van der Waals surface area contributed by atoms with Crippen molar-refractivity contribution in [3.05, 3.63) is 11.1 Å². The Morgan fingerprint density at radius 2 is 1.50 bits per heavy atom. The second-order valence-corrected chi connectivity index (χ2v) is 8.37. The molecule has 0 aliphatic carbocycles. The van der Waals surface area contributed by atoms with Crippen molar-refractivity contribution < 1.29 is 0 Å². The normalized spacial score (nSPS) is 22.9. The van der Waals surface area contributed by atoms with E-state index < -0.39 is 14.3 Å². The molecule has 0 spiro atoms. The Labute approximate surface area is 56.1 Å². The zero-order valence-corrected chi connectivity index (χ0v) is 8.01. The van der Waals surface area contributed by atoms with Gasteiger partial charge in [-0.05, 0) is 0 Å². The van der Waals surface area contributed by atoms with E-state index in [4.69, 9.17) is 0 Å². The maximum atomic E-state index is 2.49. The van der Waals surface area contributed by atoms with Crippen LogP contribution in [0.15, 0.2) is 11.1 Å². The molecule has 1 aliphatic heterocycles. The van der Waals surface area contributed by atoms with Gasteiger partial charge in [-0.1, -0.05) is 0 Å². The summed E-state index contributed by atoms with van der Waals surface area (Å²) in [6.07, 6.45) is 0. The van der Waals surface area contributed by atoms with Crippen LogP contribution in [0, 0.1) is 0 Å². The van der Waals surface area contributed by atoms with Crippen molar-refractivity contribution in [2.24, 2.45) is 0 Å². The Kier molecular flexibility index (Phi) is 1.81. The van der Waals surface area contributed by atoms with Gasteiger partial charge in [-0.2, -0.15) is 0 Å². The minimum atomic E-state index is -0.472. The Morgan fingerprint density at radius 3 is 1.62 bits per heavy atom. The molecule has 0 aromatic carbocycles. The monoisotopic (exact) mass is 171 g/mol. The molecule has 0 bridgehead atoms. The van der Waals surface area contributed by atoms with Gasteiger partial charge in [0, 0.05) is 0 Å². The van der Waals surface area contributed by atoms with Crippen LogP contribution >= 0.6 is 0 Å². The first-order valence-corrected chi connectivity index (χ1v) is 8.23. The van der Waals surface area contributed by atoms with Crippen LogP contribution in [0.3, 0.4) is 0 Å². The van der Waals surface area contributed by atoms with E-state index in [0.29, 0.717) is 0 Å². The molecule has 1 heteroatoms. The molecule has 8 heavy (non-hydrogen) atoms. The molecule has 0 atom stereocenters. The van der Waals surface area contributed by atoms with Gasteiger partial charge in [0.15, 0.2) is 0 Å². The summed E-state index contributed by atoms with van der Waals surface area (Å²) in [6.45, 7) is 4.58. The van der Waals surface area contributed by atoms with Crippen molar-refractivity contribution in [3.63, 3.8) is 0 Å². The molecule has 0 nitrogen and oxygen atoms in total. The molecule has 0 saturated carbocycles. The second kappa shape index (κ2) is 2.26. The van der Waals surface area contributed by atoms with E-state index in [9.17, 15) is 0 Å². The Balaban J connectivity index is 2.60. The first kappa shape index (κ1) is 6.40. The van der Waals surface area contributed by atoms with E-state index >= 15 is 0 Å². The molecule has 0 fully saturated rings. The van der Waals surface area contributed by atoms with Crippen molar-refractivity contribution in [1.29, 1.82) is 0 Å². The standard InChI is InChI=1S/C7H13Ge/c1-6-4-8(3)5-7(6)2/h4-5H2,1-3H3. The van der Waals surface area contributed by atoms with Crippen molar-refractivity contribution in [1.82, 2.24) is 0 Å². The molecule has 1 rings (SSSR count). The predicted octanol–water partition coefficient (Wildman–Crippen LogP) is 2.46. The van der Waals surface area contributed by atoms with Crippen LogP contribution in [0.5, 0.6) is 0 Å². The number of allylic oxidation sites excluding steroid dienone is 2. The van der Waals surface area contributed by atoms with Crippen molar-refractivity contribution in [3.8, 4) is 0 Å². The summed E-state index contributed by atoms with van der Waals surface area (Å²) in [6, 6.07) is 0. The summed E-state index contributed by atoms with van der Waals surface area (Å²) in [5.41, 5.74) is 3.39. The predicted molar refractivity (Wildman–Crippen MR) is 39.6 cm³/mol. The third-order valence-corrected chi connectivity index (χ3v) is 6.62. The summed E-state index contributed by atoms with van der Waals surface area (Å²) in [7, 11) is 0. The number of rotatable bonds is 0. The Bertz CT molecular complexity index is 110. The molecule has 1 heterocycles. The summed E-state index contributed by atoms with van der Waals surface area (Å²) in [5.74, 6) is 2.49. The van der Waals surface area contributed by atoms with E-state index in [0.717, 1.165) is 0 Å². The van der Waals surface area contributed by atoms with Gasteiger partial charge in [0.25, 0.3) is 0 Å². The van der Waals surface area contributed by atoms with Gasteiger partial charge in [-0.15, -0.1) is 0 Å². The molecule has 1 aliphatic rings. The molecule has 0 aromatic rings. The van der Waals surface area contributed by atoms with E-state index in [2.05, 4.69) is 19.6 Å². The van der Waals surface area contributed by atoms with Crippen molar-refractivity contribution >= 4 is 14.3 Å². The number of hydrogen-bond acceptors (Lipinski definition) is 0. The van der Waals surface area contributed by atoms with E-state index in [1.54, 1.807) is 11.1 Å². The molecular formula is C7H13Ge. The first-order chi connectivity index (χ1) is 3.70. The zero-order chi connectivity index (χ0) is 6.15. The quantitative estimate of drug-likeness (QED) is 0.386. The maximum absolute atomic E-state index is 2.49. The topological polar surface area (TPSA) is 0 Å². The van der Waals surface area contributed by atoms with Gasteiger partial charge in [0.05, 0.1) is 0 Å². The van der Waals surface area contributed by atoms with Crippen LogP contribution in [-0.4, -0.2) is 14.3 Å². The van der Waals surface area contributed by atoms with Gasteiger partial charge >= 0.3 is 55.6 Å². The minimum absolute atomic E-state index is 0.472. The molecule has 45 valence electrons. The Morgan fingerprint density at radius 1 is 1.12 bits per heavy atom. The SMILES string of the molecule is CC1=C(C)[CH2][Ge]([CH3])[CH2]1. The summed E-state index contributed by atoms with van der Waals surface area (Å²) in [4.78, 5) is 0. The summed E-state index contributed by atoms with van der Waals surface area (Å²) < 4.78 is 0. The Hall–Kier alpha value is 0.283. The molecule has 0 N–H and O–H groups in total. The second-order valence-electron chi connectivity index (χ2n) is 2.87. The fourth-order valence-corrected chi connectivity index (χ4v) is 6.60. The van der Waals surface area contributed by atoms with Crippen LogP contribution in [0.2, 0.25) is 16.3 Å². The third-order valence-electron chi connectivity index (χ3n) is 1.86. The molecule has 0 saturated heterocycles. The average molecular weight is 170 g/mol. The van der Waals surface area contributed by atoms with Gasteiger partial charge in [0.2, 0.25) is 0 Å². The molecule has 0 unspecified atom stereocenters. The molecule has 0 aromatic heterocycles. The third kappa shape index (κ3) is 1.16. The fourth-order valence-electron chi connectivity index (χ4n) is 1.27. The fraction of sp³-hybridized carbons (Fsp3) is 0.714. The van der Waals surface area contributed by atoms with Crippen molar-refractivity contribution in [2.45, 2.75) is 30.1 Å². The van der Waals surface area contributed by atoms with Crippen LogP contribution < -0.4 is 0 Å². The number of hydrogen-bond donors (Lipinski definition) is 0. The summed E-state index contributed by atoms with van der Waals surface area (Å²) in [5, 5.41) is 3.01. The van der Waals surface area contributed by atoms with Crippen LogP contribution in [0.25, 0.3) is 0 Å². The van der Waals surface area contributed by atoms with Gasteiger partial charge < -0.3 is 0 Å². The molecular weight excluding hydrogens is 157 g/mol. The van der Waals surface area contributed by atoms with Gasteiger partial charge in [0.1, 0.15) is 0 Å².